The molecule has 16 heavy (non-hydrogen) atoms. The number of nitrogens with one attached hydrogen (secondary N) is 1. The lowest BCUT2D eigenvalue weighted by Gasteiger charge is -2.30. The van der Waals surface area contributed by atoms with E-state index in [0.717, 1.165) is 19.4 Å². The van der Waals surface area contributed by atoms with Crippen molar-refractivity contribution in [3.63, 3.8) is 0 Å². The third-order valence-corrected chi connectivity index (χ3v) is 4.98. The van der Waals surface area contributed by atoms with Crippen LogP contribution in [0.4, 0.5) is 0 Å². The summed E-state index contributed by atoms with van der Waals surface area (Å²) in [5.41, 5.74) is 0. The molecule has 1 heterocycles. The lowest BCUT2D eigenvalue weighted by Crippen LogP contribution is -2.48. The topological polar surface area (TPSA) is 52.7 Å². The van der Waals surface area contributed by atoms with E-state index in [1.807, 2.05) is 13.8 Å². The Balaban J connectivity index is 2.74. The summed E-state index contributed by atoms with van der Waals surface area (Å²) in [6.07, 6.45) is 2.20. The van der Waals surface area contributed by atoms with Crippen LogP contribution < -0.4 is 5.32 Å². The molecule has 0 amide bonds. The van der Waals surface area contributed by atoms with Crippen LogP contribution in [-0.4, -0.2) is 56.3 Å². The SMILES string of the molecule is CC(C)N(CC1CCCN1)S(=O)(=O)N(C)C. The van der Waals surface area contributed by atoms with Crippen LogP contribution in [0.3, 0.4) is 0 Å². The molecule has 1 saturated heterocycles. The van der Waals surface area contributed by atoms with E-state index < -0.39 is 10.2 Å². The van der Waals surface area contributed by atoms with Gasteiger partial charge in [-0.3, -0.25) is 0 Å². The highest BCUT2D eigenvalue weighted by Gasteiger charge is 2.30. The van der Waals surface area contributed by atoms with Gasteiger partial charge in [-0.15, -0.1) is 0 Å². The van der Waals surface area contributed by atoms with Gasteiger partial charge in [-0.05, 0) is 33.2 Å². The van der Waals surface area contributed by atoms with Gasteiger partial charge < -0.3 is 5.32 Å². The molecule has 0 aliphatic carbocycles. The van der Waals surface area contributed by atoms with E-state index in [0.29, 0.717) is 12.6 Å². The summed E-state index contributed by atoms with van der Waals surface area (Å²) >= 11 is 0. The van der Waals surface area contributed by atoms with Crippen LogP contribution >= 0.6 is 0 Å². The van der Waals surface area contributed by atoms with Crippen LogP contribution in [0.25, 0.3) is 0 Å². The van der Waals surface area contributed by atoms with Crippen molar-refractivity contribution in [3.05, 3.63) is 0 Å². The van der Waals surface area contributed by atoms with Crippen molar-refractivity contribution in [1.29, 1.82) is 0 Å². The second-order valence-electron chi connectivity index (χ2n) is 4.75. The number of hydrogen-bond acceptors (Lipinski definition) is 3. The quantitative estimate of drug-likeness (QED) is 0.760. The first-order chi connectivity index (χ1) is 7.35. The van der Waals surface area contributed by atoms with E-state index >= 15 is 0 Å². The van der Waals surface area contributed by atoms with Gasteiger partial charge in [-0.2, -0.15) is 17.0 Å². The zero-order valence-electron chi connectivity index (χ0n) is 10.6. The number of rotatable bonds is 5. The molecule has 5 nitrogen and oxygen atoms in total. The van der Waals surface area contributed by atoms with Crippen LogP contribution in [0.5, 0.6) is 0 Å². The molecule has 1 N–H and O–H groups in total. The number of hydrogen-bond donors (Lipinski definition) is 1. The lowest BCUT2D eigenvalue weighted by atomic mass is 10.2. The fraction of sp³-hybridized carbons (Fsp3) is 1.00. The fourth-order valence-electron chi connectivity index (χ4n) is 1.91. The first kappa shape index (κ1) is 13.9. The minimum atomic E-state index is -3.30. The minimum absolute atomic E-state index is 0.00481. The maximum absolute atomic E-state index is 12.1. The molecule has 96 valence electrons. The Morgan fingerprint density at radius 3 is 2.38 bits per heavy atom. The lowest BCUT2D eigenvalue weighted by molar-refractivity contribution is 0.302. The normalized spacial score (nSPS) is 22.6. The standard InChI is InChI=1S/C10H23N3O2S/c1-9(2)13(16(14,15)12(3)4)8-10-6-5-7-11-10/h9-11H,5-8H2,1-4H3. The van der Waals surface area contributed by atoms with Gasteiger partial charge in [0.15, 0.2) is 0 Å². The maximum Gasteiger partial charge on any atom is 0.281 e. The Morgan fingerprint density at radius 1 is 1.38 bits per heavy atom. The molecular weight excluding hydrogens is 226 g/mol. The van der Waals surface area contributed by atoms with Gasteiger partial charge in [0.05, 0.1) is 0 Å². The van der Waals surface area contributed by atoms with Crippen LogP contribution in [0.1, 0.15) is 26.7 Å². The van der Waals surface area contributed by atoms with Gasteiger partial charge in [0.2, 0.25) is 0 Å². The molecule has 1 unspecified atom stereocenters. The Kier molecular flexibility index (Phi) is 4.73. The van der Waals surface area contributed by atoms with Crippen LogP contribution in [0, 0.1) is 0 Å². The predicted octanol–water partition coefficient (Wildman–Crippen LogP) is 0.255. The van der Waals surface area contributed by atoms with Crippen molar-refractivity contribution in [1.82, 2.24) is 13.9 Å². The molecule has 0 aromatic carbocycles. The van der Waals surface area contributed by atoms with E-state index in [1.165, 1.54) is 4.31 Å². The van der Waals surface area contributed by atoms with Crippen molar-refractivity contribution < 1.29 is 8.42 Å². The van der Waals surface area contributed by atoms with Gasteiger partial charge in [0.1, 0.15) is 0 Å². The summed E-state index contributed by atoms with van der Waals surface area (Å²) < 4.78 is 27.0. The monoisotopic (exact) mass is 249 g/mol. The Morgan fingerprint density at radius 2 is 2.00 bits per heavy atom. The summed E-state index contributed by atoms with van der Waals surface area (Å²) in [6, 6.07) is 0.298. The van der Waals surface area contributed by atoms with Gasteiger partial charge in [0.25, 0.3) is 10.2 Å². The Labute approximate surface area is 99.0 Å². The summed E-state index contributed by atoms with van der Waals surface area (Å²) in [5.74, 6) is 0. The van der Waals surface area contributed by atoms with E-state index in [1.54, 1.807) is 18.4 Å². The summed E-state index contributed by atoms with van der Waals surface area (Å²) in [7, 11) is -0.147. The molecule has 0 aromatic heterocycles. The van der Waals surface area contributed by atoms with Crippen molar-refractivity contribution in [2.45, 2.75) is 38.8 Å². The molecule has 1 aliphatic rings. The fourth-order valence-corrected chi connectivity index (χ4v) is 3.23. The maximum atomic E-state index is 12.1. The van der Waals surface area contributed by atoms with Crippen molar-refractivity contribution >= 4 is 10.2 Å². The van der Waals surface area contributed by atoms with Gasteiger partial charge >= 0.3 is 0 Å². The van der Waals surface area contributed by atoms with Gasteiger partial charge in [-0.1, -0.05) is 0 Å². The van der Waals surface area contributed by atoms with Gasteiger partial charge in [-0.25, -0.2) is 0 Å². The van der Waals surface area contributed by atoms with Gasteiger partial charge in [0, 0.05) is 32.7 Å². The first-order valence-electron chi connectivity index (χ1n) is 5.78. The Hall–Kier alpha value is -0.170. The summed E-state index contributed by atoms with van der Waals surface area (Å²) in [6.45, 7) is 5.39. The highest BCUT2D eigenvalue weighted by atomic mass is 32.2. The van der Waals surface area contributed by atoms with Crippen molar-refractivity contribution in [2.75, 3.05) is 27.2 Å². The average molecular weight is 249 g/mol. The predicted molar refractivity (Wildman–Crippen MR) is 65.5 cm³/mol. The zero-order valence-corrected chi connectivity index (χ0v) is 11.4. The van der Waals surface area contributed by atoms with Crippen molar-refractivity contribution in [3.8, 4) is 0 Å². The van der Waals surface area contributed by atoms with E-state index in [4.69, 9.17) is 0 Å². The summed E-state index contributed by atoms with van der Waals surface area (Å²) in [4.78, 5) is 0. The Bertz CT molecular complexity index is 308. The molecule has 1 aliphatic heterocycles. The van der Waals surface area contributed by atoms with E-state index in [2.05, 4.69) is 5.32 Å². The second-order valence-corrected chi connectivity index (χ2v) is 6.84. The highest BCUT2D eigenvalue weighted by molar-refractivity contribution is 7.86. The molecule has 0 aromatic rings. The minimum Gasteiger partial charge on any atom is -0.313 e. The third-order valence-electron chi connectivity index (χ3n) is 2.90. The molecule has 0 radical (unpaired) electrons. The first-order valence-corrected chi connectivity index (χ1v) is 7.18. The van der Waals surface area contributed by atoms with Crippen LogP contribution in [0.15, 0.2) is 0 Å². The van der Waals surface area contributed by atoms with E-state index in [9.17, 15) is 8.42 Å². The molecule has 6 heteroatoms. The molecular formula is C10H23N3O2S. The second kappa shape index (κ2) is 5.44. The molecule has 0 bridgehead atoms. The third kappa shape index (κ3) is 3.16. The van der Waals surface area contributed by atoms with Crippen LogP contribution in [-0.2, 0) is 10.2 Å². The molecule has 0 spiro atoms. The molecule has 1 rings (SSSR count). The zero-order chi connectivity index (χ0) is 12.3. The van der Waals surface area contributed by atoms with Crippen LogP contribution in [0.2, 0.25) is 0 Å². The van der Waals surface area contributed by atoms with E-state index in [-0.39, 0.29) is 6.04 Å². The van der Waals surface area contributed by atoms with Crippen molar-refractivity contribution in [2.24, 2.45) is 0 Å². The average Bonchev–Trinajstić information content (AvgIpc) is 2.65. The molecule has 0 saturated carbocycles. The summed E-state index contributed by atoms with van der Waals surface area (Å²) in [5, 5.41) is 3.33. The molecule has 1 atom stereocenters. The smallest absolute Gasteiger partial charge is 0.281 e. The number of nitrogens with zero attached hydrogens (tertiary/aromatic N) is 2. The largest absolute Gasteiger partial charge is 0.313 e. The highest BCUT2D eigenvalue weighted by Crippen LogP contribution is 2.14. The molecule has 1 fully saturated rings.